The maximum absolute atomic E-state index is 11.6. The van der Waals surface area contributed by atoms with Gasteiger partial charge in [-0.2, -0.15) is 0 Å². The zero-order chi connectivity index (χ0) is 11.6. The minimum absolute atomic E-state index is 0.00995. The van der Waals surface area contributed by atoms with E-state index in [1.54, 1.807) is 0 Å². The van der Waals surface area contributed by atoms with E-state index in [4.69, 9.17) is 5.11 Å². The summed E-state index contributed by atoms with van der Waals surface area (Å²) < 4.78 is 0. The number of likely N-dealkylation sites (tertiary alicyclic amines) is 1. The Hall–Kier alpha value is -0.580. The molecule has 0 bridgehead atoms. The van der Waals surface area contributed by atoms with E-state index in [0.29, 0.717) is 13.0 Å². The highest BCUT2D eigenvalue weighted by atomic mass is 79.9. The van der Waals surface area contributed by atoms with Crippen molar-refractivity contribution in [2.75, 3.05) is 6.54 Å². The predicted octanol–water partition coefficient (Wildman–Crippen LogP) is 1.48. The molecule has 5 heteroatoms. The van der Waals surface area contributed by atoms with Crippen LogP contribution in [0.2, 0.25) is 0 Å². The first-order valence-corrected chi connectivity index (χ1v) is 6.05. The number of carboxylic acid groups (broad SMARTS) is 1. The van der Waals surface area contributed by atoms with Gasteiger partial charge in [-0.3, -0.25) is 4.79 Å². The Morgan fingerprint density at radius 1 is 1.73 bits per heavy atom. The van der Waals surface area contributed by atoms with Gasteiger partial charge in [0, 0.05) is 17.8 Å². The first kappa shape index (κ1) is 12.5. The Morgan fingerprint density at radius 2 is 2.33 bits per heavy atom. The fourth-order valence-corrected chi connectivity index (χ4v) is 2.45. The van der Waals surface area contributed by atoms with E-state index >= 15 is 0 Å². The van der Waals surface area contributed by atoms with E-state index in [2.05, 4.69) is 15.9 Å². The lowest BCUT2D eigenvalue weighted by atomic mass is 9.98. The zero-order valence-electron chi connectivity index (χ0n) is 8.94. The molecule has 15 heavy (non-hydrogen) atoms. The molecule has 3 atom stereocenters. The summed E-state index contributed by atoms with van der Waals surface area (Å²) in [6.07, 6.45) is 1.16. The molecule has 86 valence electrons. The number of alkyl halides is 1. The van der Waals surface area contributed by atoms with Crippen molar-refractivity contribution in [3.05, 3.63) is 0 Å². The van der Waals surface area contributed by atoms with Crippen LogP contribution < -0.4 is 0 Å². The van der Waals surface area contributed by atoms with E-state index in [1.165, 1.54) is 4.90 Å². The number of rotatable bonds is 4. The number of amides is 1. The SMILES string of the molecule is CCC(C)C(C(=O)O)N1CC(Br)CC1=O. The summed E-state index contributed by atoms with van der Waals surface area (Å²) in [6, 6.07) is -0.676. The van der Waals surface area contributed by atoms with Gasteiger partial charge in [0.05, 0.1) is 0 Å². The molecule has 0 saturated carbocycles. The Kier molecular flexibility index (Phi) is 4.13. The molecule has 0 radical (unpaired) electrons. The smallest absolute Gasteiger partial charge is 0.326 e. The molecule has 1 heterocycles. The van der Waals surface area contributed by atoms with Crippen LogP contribution in [0.1, 0.15) is 26.7 Å². The zero-order valence-corrected chi connectivity index (χ0v) is 10.5. The van der Waals surface area contributed by atoms with Gasteiger partial charge in [-0.25, -0.2) is 4.79 Å². The number of carbonyl (C=O) groups is 2. The molecule has 0 aromatic carbocycles. The van der Waals surface area contributed by atoms with E-state index in [-0.39, 0.29) is 16.7 Å². The molecule has 3 unspecified atom stereocenters. The number of halogens is 1. The number of carboxylic acids is 1. The second-order valence-electron chi connectivity index (χ2n) is 4.02. The van der Waals surface area contributed by atoms with Crippen LogP contribution in [0.15, 0.2) is 0 Å². The molecule has 1 fully saturated rings. The average molecular weight is 278 g/mol. The highest BCUT2D eigenvalue weighted by Gasteiger charge is 2.38. The van der Waals surface area contributed by atoms with Gasteiger partial charge in [0.15, 0.2) is 0 Å². The van der Waals surface area contributed by atoms with Crippen LogP contribution >= 0.6 is 15.9 Å². The van der Waals surface area contributed by atoms with Gasteiger partial charge in [0.2, 0.25) is 5.91 Å². The largest absolute Gasteiger partial charge is 0.480 e. The standard InChI is InChI=1S/C10H16BrNO3/c1-3-6(2)9(10(14)15)12-5-7(11)4-8(12)13/h6-7,9H,3-5H2,1-2H3,(H,14,15). The van der Waals surface area contributed by atoms with Crippen molar-refractivity contribution in [1.82, 2.24) is 4.90 Å². The molecule has 1 amide bonds. The molecular formula is C10H16BrNO3. The molecule has 1 aliphatic heterocycles. The van der Waals surface area contributed by atoms with Gasteiger partial charge in [0.1, 0.15) is 6.04 Å². The second kappa shape index (κ2) is 4.96. The van der Waals surface area contributed by atoms with Crippen LogP contribution in [0, 0.1) is 5.92 Å². The molecule has 1 aliphatic rings. The molecule has 1 N–H and O–H groups in total. The van der Waals surface area contributed by atoms with E-state index in [9.17, 15) is 9.59 Å². The predicted molar refractivity (Wildman–Crippen MR) is 59.9 cm³/mol. The van der Waals surface area contributed by atoms with Crippen molar-refractivity contribution >= 4 is 27.8 Å². The van der Waals surface area contributed by atoms with E-state index < -0.39 is 12.0 Å². The first-order valence-electron chi connectivity index (χ1n) is 5.13. The summed E-state index contributed by atoms with van der Waals surface area (Å²) in [5.74, 6) is -0.979. The number of hydrogen-bond donors (Lipinski definition) is 1. The average Bonchev–Trinajstić information content (AvgIpc) is 2.45. The molecule has 0 aromatic rings. The molecular weight excluding hydrogens is 262 g/mol. The third kappa shape index (κ3) is 2.71. The highest BCUT2D eigenvalue weighted by molar-refractivity contribution is 9.09. The van der Waals surface area contributed by atoms with Gasteiger partial charge in [-0.05, 0) is 5.92 Å². The normalized spacial score (nSPS) is 25.4. The van der Waals surface area contributed by atoms with Crippen LogP contribution in [-0.4, -0.2) is 39.3 Å². The quantitative estimate of drug-likeness (QED) is 0.792. The third-order valence-corrected chi connectivity index (χ3v) is 3.50. The van der Waals surface area contributed by atoms with Gasteiger partial charge in [0.25, 0.3) is 0 Å². The minimum atomic E-state index is -0.903. The number of nitrogens with zero attached hydrogens (tertiary/aromatic N) is 1. The van der Waals surface area contributed by atoms with Crippen LogP contribution in [0.3, 0.4) is 0 Å². The summed E-state index contributed by atoms with van der Waals surface area (Å²) >= 11 is 3.35. The Labute approximate surface area is 97.8 Å². The summed E-state index contributed by atoms with van der Waals surface area (Å²) in [5.41, 5.74) is 0. The second-order valence-corrected chi connectivity index (χ2v) is 5.31. The Balaban J connectivity index is 2.81. The van der Waals surface area contributed by atoms with Crippen molar-refractivity contribution in [3.63, 3.8) is 0 Å². The third-order valence-electron chi connectivity index (χ3n) is 2.88. The lowest BCUT2D eigenvalue weighted by molar-refractivity contribution is -0.150. The van der Waals surface area contributed by atoms with Gasteiger partial charge >= 0.3 is 5.97 Å². The summed E-state index contributed by atoms with van der Waals surface area (Å²) in [5, 5.41) is 9.13. The fraction of sp³-hybridized carbons (Fsp3) is 0.800. The topological polar surface area (TPSA) is 57.6 Å². The summed E-state index contributed by atoms with van der Waals surface area (Å²) in [6.45, 7) is 4.31. The molecule has 1 saturated heterocycles. The monoisotopic (exact) mass is 277 g/mol. The van der Waals surface area contributed by atoms with Crippen molar-refractivity contribution in [3.8, 4) is 0 Å². The number of aliphatic carboxylic acids is 1. The van der Waals surface area contributed by atoms with Crippen LogP contribution in [-0.2, 0) is 9.59 Å². The van der Waals surface area contributed by atoms with Crippen molar-refractivity contribution in [2.45, 2.75) is 37.6 Å². The fourth-order valence-electron chi connectivity index (χ4n) is 1.86. The maximum atomic E-state index is 11.6. The molecule has 4 nitrogen and oxygen atoms in total. The Bertz CT molecular complexity index is 269. The van der Waals surface area contributed by atoms with Gasteiger partial charge < -0.3 is 10.0 Å². The molecule has 0 aliphatic carbocycles. The summed E-state index contributed by atoms with van der Waals surface area (Å²) in [4.78, 5) is 24.3. The van der Waals surface area contributed by atoms with Crippen LogP contribution in [0.5, 0.6) is 0 Å². The van der Waals surface area contributed by atoms with E-state index in [0.717, 1.165) is 6.42 Å². The Morgan fingerprint density at radius 3 is 2.67 bits per heavy atom. The first-order chi connectivity index (χ1) is 6.97. The van der Waals surface area contributed by atoms with Gasteiger partial charge in [-0.1, -0.05) is 36.2 Å². The maximum Gasteiger partial charge on any atom is 0.326 e. The van der Waals surface area contributed by atoms with Crippen LogP contribution in [0.4, 0.5) is 0 Å². The molecule has 0 spiro atoms. The van der Waals surface area contributed by atoms with Crippen molar-refractivity contribution in [1.29, 1.82) is 0 Å². The number of hydrogen-bond acceptors (Lipinski definition) is 2. The van der Waals surface area contributed by atoms with Crippen molar-refractivity contribution in [2.24, 2.45) is 5.92 Å². The summed E-state index contributed by atoms with van der Waals surface area (Å²) in [7, 11) is 0. The minimum Gasteiger partial charge on any atom is -0.480 e. The highest BCUT2D eigenvalue weighted by Crippen LogP contribution is 2.25. The van der Waals surface area contributed by atoms with Crippen LogP contribution in [0.25, 0.3) is 0 Å². The lowest BCUT2D eigenvalue weighted by Crippen LogP contribution is -2.46. The number of carbonyl (C=O) groups excluding carboxylic acids is 1. The van der Waals surface area contributed by atoms with Gasteiger partial charge in [-0.15, -0.1) is 0 Å². The van der Waals surface area contributed by atoms with Crippen molar-refractivity contribution < 1.29 is 14.7 Å². The molecule has 0 aromatic heterocycles. The molecule has 1 rings (SSSR count). The van der Waals surface area contributed by atoms with E-state index in [1.807, 2.05) is 13.8 Å². The lowest BCUT2D eigenvalue weighted by Gasteiger charge is -2.28.